The van der Waals surface area contributed by atoms with Crippen molar-refractivity contribution >= 4 is 27.5 Å². The number of carbonyl (C=O) groups excluding carboxylic acids is 1. The number of carbonyl (C=O) groups is 2. The van der Waals surface area contributed by atoms with E-state index < -0.39 is 34.3 Å². The van der Waals surface area contributed by atoms with Gasteiger partial charge in [0, 0.05) is 6.04 Å². The molecule has 110 valence electrons. The molecule has 3 N–H and O–H groups in total. The monoisotopic (exact) mass is 304 g/mol. The molecule has 1 aliphatic heterocycles. The fourth-order valence-electron chi connectivity index (χ4n) is 2.01. The summed E-state index contributed by atoms with van der Waals surface area (Å²) >= 11 is 0. The maximum absolute atomic E-state index is 12.2. The molecule has 1 aliphatic rings. The van der Waals surface area contributed by atoms with Crippen LogP contribution in [0.4, 0.5) is 5.82 Å². The fraction of sp³-hybridized carbons (Fsp3) is 0.556. The Hall–Kier alpha value is -2.17. The number of nitrogens with zero attached hydrogens (tertiary/aromatic N) is 3. The second-order valence-corrected chi connectivity index (χ2v) is 6.61. The topological polar surface area (TPSA) is 157 Å². The SMILES string of the molecule is Nc1nonc1C(=O)N(CC(=O)O)C1CCS(=O)(=O)C1. The highest BCUT2D eigenvalue weighted by Gasteiger charge is 2.37. The summed E-state index contributed by atoms with van der Waals surface area (Å²) in [5.74, 6) is -2.72. The third-order valence-electron chi connectivity index (χ3n) is 2.93. The van der Waals surface area contributed by atoms with E-state index in [1.807, 2.05) is 0 Å². The van der Waals surface area contributed by atoms with E-state index in [9.17, 15) is 18.0 Å². The summed E-state index contributed by atoms with van der Waals surface area (Å²) in [6, 6.07) is -0.723. The lowest BCUT2D eigenvalue weighted by Crippen LogP contribution is -2.44. The van der Waals surface area contributed by atoms with Gasteiger partial charge in [-0.05, 0) is 16.7 Å². The summed E-state index contributed by atoms with van der Waals surface area (Å²) in [7, 11) is -3.27. The molecule has 1 aromatic heterocycles. The molecule has 0 spiro atoms. The van der Waals surface area contributed by atoms with Crippen LogP contribution in [0.1, 0.15) is 16.9 Å². The summed E-state index contributed by atoms with van der Waals surface area (Å²) in [6.45, 7) is -0.648. The maximum Gasteiger partial charge on any atom is 0.323 e. The number of sulfone groups is 1. The number of nitrogens with two attached hydrogens (primary N) is 1. The van der Waals surface area contributed by atoms with Gasteiger partial charge in [0.15, 0.2) is 9.84 Å². The Labute approximate surface area is 113 Å². The van der Waals surface area contributed by atoms with E-state index in [0.29, 0.717) is 0 Å². The minimum Gasteiger partial charge on any atom is -0.480 e. The van der Waals surface area contributed by atoms with Crippen LogP contribution in [0, 0.1) is 0 Å². The summed E-state index contributed by atoms with van der Waals surface area (Å²) in [6.07, 6.45) is 0.173. The molecule has 11 heteroatoms. The van der Waals surface area contributed by atoms with Gasteiger partial charge in [-0.2, -0.15) is 0 Å². The van der Waals surface area contributed by atoms with Gasteiger partial charge in [0.1, 0.15) is 6.54 Å². The lowest BCUT2D eigenvalue weighted by Gasteiger charge is -2.25. The highest BCUT2D eigenvalue weighted by molar-refractivity contribution is 7.91. The molecular formula is C9H12N4O6S. The van der Waals surface area contributed by atoms with Crippen LogP contribution in [0.3, 0.4) is 0 Å². The predicted molar refractivity (Wildman–Crippen MR) is 64.4 cm³/mol. The van der Waals surface area contributed by atoms with Gasteiger partial charge in [0.05, 0.1) is 11.5 Å². The van der Waals surface area contributed by atoms with Crippen LogP contribution >= 0.6 is 0 Å². The first-order valence-corrected chi connectivity index (χ1v) is 7.43. The zero-order valence-corrected chi connectivity index (χ0v) is 11.0. The first kappa shape index (κ1) is 14.2. The summed E-state index contributed by atoms with van der Waals surface area (Å²) in [5.41, 5.74) is 5.06. The first-order valence-electron chi connectivity index (χ1n) is 5.61. The molecule has 1 atom stereocenters. The zero-order valence-electron chi connectivity index (χ0n) is 10.2. The summed E-state index contributed by atoms with van der Waals surface area (Å²) in [5, 5.41) is 15.4. The van der Waals surface area contributed by atoms with Crippen LogP contribution in [0.5, 0.6) is 0 Å². The molecule has 1 amide bonds. The maximum atomic E-state index is 12.2. The minimum absolute atomic E-state index is 0.0897. The Morgan fingerprint density at radius 1 is 1.45 bits per heavy atom. The number of hydrogen-bond acceptors (Lipinski definition) is 8. The van der Waals surface area contributed by atoms with E-state index in [2.05, 4.69) is 14.9 Å². The average Bonchev–Trinajstić information content (AvgIpc) is 2.91. The average molecular weight is 304 g/mol. The molecule has 0 aliphatic carbocycles. The van der Waals surface area contributed by atoms with E-state index in [0.717, 1.165) is 4.90 Å². The first-order chi connectivity index (χ1) is 9.30. The number of carboxylic acid groups (broad SMARTS) is 1. The van der Waals surface area contributed by atoms with Crippen molar-refractivity contribution < 1.29 is 27.7 Å². The van der Waals surface area contributed by atoms with Gasteiger partial charge >= 0.3 is 5.97 Å². The molecule has 1 aromatic rings. The van der Waals surface area contributed by atoms with Crippen molar-refractivity contribution in [3.63, 3.8) is 0 Å². The predicted octanol–water partition coefficient (Wildman–Crippen LogP) is -1.63. The number of amides is 1. The minimum atomic E-state index is -3.27. The molecule has 1 fully saturated rings. The number of carboxylic acids is 1. The molecule has 2 rings (SSSR count). The molecule has 10 nitrogen and oxygen atoms in total. The lowest BCUT2D eigenvalue weighted by molar-refractivity contribution is -0.138. The Bertz CT molecular complexity index is 639. The number of aromatic nitrogens is 2. The molecular weight excluding hydrogens is 292 g/mol. The van der Waals surface area contributed by atoms with Gasteiger partial charge < -0.3 is 15.7 Å². The quantitative estimate of drug-likeness (QED) is 0.665. The number of aliphatic carboxylic acids is 1. The largest absolute Gasteiger partial charge is 0.480 e. The van der Waals surface area contributed by atoms with E-state index in [1.54, 1.807) is 0 Å². The summed E-state index contributed by atoms with van der Waals surface area (Å²) in [4.78, 5) is 24.0. The number of anilines is 1. The Morgan fingerprint density at radius 2 is 2.15 bits per heavy atom. The molecule has 0 saturated carbocycles. The normalized spacial score (nSPS) is 20.7. The van der Waals surface area contributed by atoms with E-state index >= 15 is 0 Å². The Balaban J connectivity index is 2.27. The van der Waals surface area contributed by atoms with E-state index in [4.69, 9.17) is 10.8 Å². The highest BCUT2D eigenvalue weighted by Crippen LogP contribution is 2.20. The van der Waals surface area contributed by atoms with E-state index in [1.165, 1.54) is 0 Å². The third kappa shape index (κ3) is 2.87. The Kier molecular flexibility index (Phi) is 3.61. The van der Waals surface area contributed by atoms with Crippen molar-refractivity contribution in [1.82, 2.24) is 15.2 Å². The van der Waals surface area contributed by atoms with Crippen molar-refractivity contribution in [1.29, 1.82) is 0 Å². The van der Waals surface area contributed by atoms with Crippen LogP contribution in [0.25, 0.3) is 0 Å². The van der Waals surface area contributed by atoms with Crippen LogP contribution in [0.2, 0.25) is 0 Å². The zero-order chi connectivity index (χ0) is 14.9. The van der Waals surface area contributed by atoms with Gasteiger partial charge in [0.2, 0.25) is 11.5 Å². The second-order valence-electron chi connectivity index (χ2n) is 4.38. The molecule has 0 aromatic carbocycles. The lowest BCUT2D eigenvalue weighted by atomic mass is 10.2. The smallest absolute Gasteiger partial charge is 0.323 e. The standard InChI is InChI=1S/C9H12N4O6S/c10-8-7(11-19-12-8)9(16)13(3-6(14)15)5-1-2-20(17,18)4-5/h5H,1-4H2,(H2,10,12)(H,14,15). The number of hydrogen-bond donors (Lipinski definition) is 2. The van der Waals surface area contributed by atoms with Crippen molar-refractivity contribution in [3.8, 4) is 0 Å². The molecule has 20 heavy (non-hydrogen) atoms. The van der Waals surface area contributed by atoms with Gasteiger partial charge in [-0.3, -0.25) is 9.59 Å². The van der Waals surface area contributed by atoms with Crippen LogP contribution in [-0.2, 0) is 14.6 Å². The van der Waals surface area contributed by atoms with Crippen molar-refractivity contribution in [2.24, 2.45) is 0 Å². The molecule has 1 saturated heterocycles. The molecule has 0 bridgehead atoms. The van der Waals surface area contributed by atoms with Crippen LogP contribution in [-0.4, -0.2) is 64.7 Å². The Morgan fingerprint density at radius 3 is 2.60 bits per heavy atom. The summed E-state index contributed by atoms with van der Waals surface area (Å²) < 4.78 is 27.2. The van der Waals surface area contributed by atoms with Crippen molar-refractivity contribution in [3.05, 3.63) is 5.69 Å². The van der Waals surface area contributed by atoms with Crippen LogP contribution in [0.15, 0.2) is 4.63 Å². The molecule has 1 unspecified atom stereocenters. The number of rotatable bonds is 4. The van der Waals surface area contributed by atoms with Gasteiger partial charge in [-0.1, -0.05) is 0 Å². The molecule has 0 radical (unpaired) electrons. The van der Waals surface area contributed by atoms with Gasteiger partial charge in [-0.15, -0.1) is 0 Å². The fourth-order valence-corrected chi connectivity index (χ4v) is 3.74. The van der Waals surface area contributed by atoms with Crippen molar-refractivity contribution in [2.45, 2.75) is 12.5 Å². The van der Waals surface area contributed by atoms with Crippen LogP contribution < -0.4 is 5.73 Å². The van der Waals surface area contributed by atoms with Gasteiger partial charge in [0.25, 0.3) is 5.91 Å². The van der Waals surface area contributed by atoms with Crippen molar-refractivity contribution in [2.75, 3.05) is 23.8 Å². The van der Waals surface area contributed by atoms with Gasteiger partial charge in [-0.25, -0.2) is 13.0 Å². The highest BCUT2D eigenvalue weighted by atomic mass is 32.2. The second kappa shape index (κ2) is 5.07. The van der Waals surface area contributed by atoms with E-state index in [-0.39, 0.29) is 29.4 Å². The molecule has 2 heterocycles. The third-order valence-corrected chi connectivity index (χ3v) is 4.68. The number of nitrogen functional groups attached to an aromatic ring is 1.